The molecule has 0 aliphatic rings. The molecule has 26 heavy (non-hydrogen) atoms. The van der Waals surface area contributed by atoms with Gasteiger partial charge in [-0.1, -0.05) is 62.9 Å². The molecule has 0 spiro atoms. The number of rotatable bonds is 9. The predicted molar refractivity (Wildman–Crippen MR) is 103 cm³/mol. The van der Waals surface area contributed by atoms with Crippen molar-refractivity contribution in [3.05, 3.63) is 30.3 Å². The second-order valence-corrected chi connectivity index (χ2v) is 6.60. The molecule has 0 bridgehead atoms. The zero-order valence-corrected chi connectivity index (χ0v) is 15.3. The number of fused-ring (bicyclic) bond motifs is 1. The van der Waals surface area contributed by atoms with E-state index in [1.165, 1.54) is 19.3 Å². The van der Waals surface area contributed by atoms with E-state index in [1.807, 2.05) is 30.3 Å². The summed E-state index contributed by atoms with van der Waals surface area (Å²) in [5.74, 6) is 1.19. The van der Waals surface area contributed by atoms with Crippen molar-refractivity contribution < 1.29 is 5.11 Å². The largest absolute Gasteiger partial charge is 0.391 e. The zero-order valence-electron chi connectivity index (χ0n) is 15.3. The first kappa shape index (κ1) is 18.3. The van der Waals surface area contributed by atoms with Crippen LogP contribution in [-0.2, 0) is 0 Å². The molecule has 0 radical (unpaired) electrons. The van der Waals surface area contributed by atoms with E-state index >= 15 is 0 Å². The molecule has 0 amide bonds. The van der Waals surface area contributed by atoms with Crippen molar-refractivity contribution in [2.24, 2.45) is 0 Å². The SMILES string of the molecule is CCCCCC[C@H](Nc1nc(-c2ccccc2)nc2n[nH]nc12)[C@@H](C)O. The maximum absolute atomic E-state index is 10.2. The van der Waals surface area contributed by atoms with Crippen LogP contribution < -0.4 is 5.32 Å². The summed E-state index contributed by atoms with van der Waals surface area (Å²) in [6, 6.07) is 9.68. The molecule has 0 aliphatic carbocycles. The van der Waals surface area contributed by atoms with E-state index in [9.17, 15) is 5.11 Å². The normalized spacial score (nSPS) is 13.7. The van der Waals surface area contributed by atoms with Gasteiger partial charge in [0, 0.05) is 5.56 Å². The molecule has 2 atom stereocenters. The minimum absolute atomic E-state index is 0.0923. The summed E-state index contributed by atoms with van der Waals surface area (Å²) in [5, 5.41) is 24.5. The first-order valence-corrected chi connectivity index (χ1v) is 9.27. The number of unbranched alkanes of at least 4 members (excludes halogenated alkanes) is 3. The van der Waals surface area contributed by atoms with E-state index in [0.29, 0.717) is 22.8 Å². The van der Waals surface area contributed by atoms with Crippen LogP contribution in [0.1, 0.15) is 46.0 Å². The molecule has 138 valence electrons. The van der Waals surface area contributed by atoms with Gasteiger partial charge in [0.15, 0.2) is 17.2 Å². The van der Waals surface area contributed by atoms with Gasteiger partial charge >= 0.3 is 0 Å². The van der Waals surface area contributed by atoms with Crippen molar-refractivity contribution in [2.45, 2.75) is 58.1 Å². The number of nitrogens with one attached hydrogen (secondary N) is 2. The third kappa shape index (κ3) is 4.35. The lowest BCUT2D eigenvalue weighted by Crippen LogP contribution is -2.32. The number of aromatic amines is 1. The molecular weight excluding hydrogens is 328 g/mol. The van der Waals surface area contributed by atoms with Gasteiger partial charge in [-0.2, -0.15) is 10.3 Å². The predicted octanol–water partition coefficient (Wildman–Crippen LogP) is 3.55. The molecule has 1 aromatic carbocycles. The van der Waals surface area contributed by atoms with Crippen molar-refractivity contribution in [1.82, 2.24) is 25.4 Å². The van der Waals surface area contributed by atoms with Gasteiger partial charge in [0.05, 0.1) is 12.1 Å². The first-order valence-electron chi connectivity index (χ1n) is 9.27. The molecule has 0 unspecified atom stereocenters. The third-order valence-corrected chi connectivity index (χ3v) is 4.49. The maximum atomic E-state index is 10.2. The lowest BCUT2D eigenvalue weighted by molar-refractivity contribution is 0.165. The fraction of sp³-hybridized carbons (Fsp3) is 0.474. The van der Waals surface area contributed by atoms with Gasteiger partial charge in [-0.05, 0) is 13.3 Å². The van der Waals surface area contributed by atoms with Crippen molar-refractivity contribution in [3.8, 4) is 11.4 Å². The van der Waals surface area contributed by atoms with Crippen molar-refractivity contribution in [3.63, 3.8) is 0 Å². The van der Waals surface area contributed by atoms with Gasteiger partial charge in [0.1, 0.15) is 0 Å². The van der Waals surface area contributed by atoms with E-state index in [0.717, 1.165) is 18.4 Å². The van der Waals surface area contributed by atoms with Crippen molar-refractivity contribution in [1.29, 1.82) is 0 Å². The van der Waals surface area contributed by atoms with E-state index < -0.39 is 6.10 Å². The summed E-state index contributed by atoms with van der Waals surface area (Å²) in [6.07, 6.45) is 5.02. The number of H-pyrrole nitrogens is 1. The van der Waals surface area contributed by atoms with Crippen molar-refractivity contribution in [2.75, 3.05) is 5.32 Å². The van der Waals surface area contributed by atoms with Crippen LogP contribution >= 0.6 is 0 Å². The average Bonchev–Trinajstić information content (AvgIpc) is 3.13. The molecule has 7 heteroatoms. The quantitative estimate of drug-likeness (QED) is 0.508. The number of aliphatic hydroxyl groups is 1. The van der Waals surface area contributed by atoms with E-state index in [-0.39, 0.29) is 6.04 Å². The fourth-order valence-electron chi connectivity index (χ4n) is 2.96. The highest BCUT2D eigenvalue weighted by atomic mass is 16.3. The molecule has 3 rings (SSSR count). The lowest BCUT2D eigenvalue weighted by Gasteiger charge is -2.22. The Morgan fingerprint density at radius 2 is 1.88 bits per heavy atom. The Hall–Kier alpha value is -2.54. The second kappa shape index (κ2) is 8.71. The highest BCUT2D eigenvalue weighted by Crippen LogP contribution is 2.24. The minimum Gasteiger partial charge on any atom is -0.391 e. The van der Waals surface area contributed by atoms with Crippen molar-refractivity contribution >= 4 is 17.0 Å². The molecule has 0 aliphatic heterocycles. The summed E-state index contributed by atoms with van der Waals surface area (Å²) in [5.41, 5.74) is 2.01. The maximum Gasteiger partial charge on any atom is 0.207 e. The average molecular weight is 354 g/mol. The molecular formula is C19H26N6O. The summed E-state index contributed by atoms with van der Waals surface area (Å²) < 4.78 is 0. The van der Waals surface area contributed by atoms with E-state index in [4.69, 9.17) is 0 Å². The molecule has 3 N–H and O–H groups in total. The summed E-state index contributed by atoms with van der Waals surface area (Å²) in [4.78, 5) is 9.14. The first-order chi connectivity index (χ1) is 12.7. The van der Waals surface area contributed by atoms with E-state index in [1.54, 1.807) is 6.92 Å². The molecule has 0 saturated carbocycles. The summed E-state index contributed by atoms with van der Waals surface area (Å²) in [7, 11) is 0. The fourth-order valence-corrected chi connectivity index (χ4v) is 2.96. The highest BCUT2D eigenvalue weighted by Gasteiger charge is 2.19. The van der Waals surface area contributed by atoms with Crippen LogP contribution in [0.15, 0.2) is 30.3 Å². The molecule has 0 saturated heterocycles. The number of aliphatic hydroxyl groups excluding tert-OH is 1. The van der Waals surface area contributed by atoms with Gasteiger partial charge < -0.3 is 10.4 Å². The highest BCUT2D eigenvalue weighted by molar-refractivity contribution is 5.84. The zero-order chi connectivity index (χ0) is 18.4. The van der Waals surface area contributed by atoms with Crippen LogP contribution in [-0.4, -0.2) is 42.6 Å². The van der Waals surface area contributed by atoms with Crippen LogP contribution in [0.3, 0.4) is 0 Å². The minimum atomic E-state index is -0.492. The molecule has 7 nitrogen and oxygen atoms in total. The van der Waals surface area contributed by atoms with Crippen LogP contribution in [0.2, 0.25) is 0 Å². The Labute approximate surface area is 153 Å². The molecule has 3 aromatic rings. The number of nitrogens with zero attached hydrogens (tertiary/aromatic N) is 4. The number of benzene rings is 1. The monoisotopic (exact) mass is 354 g/mol. The Balaban J connectivity index is 1.86. The van der Waals surface area contributed by atoms with Gasteiger partial charge in [-0.25, -0.2) is 9.97 Å². The van der Waals surface area contributed by atoms with E-state index in [2.05, 4.69) is 37.6 Å². The molecule has 0 fully saturated rings. The summed E-state index contributed by atoms with van der Waals surface area (Å²) >= 11 is 0. The van der Waals surface area contributed by atoms with Crippen LogP contribution in [0.5, 0.6) is 0 Å². The van der Waals surface area contributed by atoms with Crippen LogP contribution in [0, 0.1) is 0 Å². The smallest absolute Gasteiger partial charge is 0.207 e. The number of aromatic nitrogens is 5. The van der Waals surface area contributed by atoms with Gasteiger partial charge in [0.25, 0.3) is 0 Å². The van der Waals surface area contributed by atoms with Crippen LogP contribution in [0.25, 0.3) is 22.6 Å². The molecule has 2 heterocycles. The second-order valence-electron chi connectivity index (χ2n) is 6.60. The van der Waals surface area contributed by atoms with Gasteiger partial charge in [-0.3, -0.25) is 0 Å². The number of hydrogen-bond donors (Lipinski definition) is 3. The standard InChI is InChI=1S/C19H26N6O/c1-3-4-5-9-12-15(13(2)26)20-18-16-19(24-25-23-16)22-17(21-18)14-10-7-6-8-11-14/h6-8,10-11,13,15,26H,3-5,9,12H2,1-2H3,(H2,20,21,22,23,24,25)/t13-,15+/m1/s1. The Bertz CT molecular complexity index is 817. The molecule has 2 aromatic heterocycles. The number of hydrogen-bond acceptors (Lipinski definition) is 6. The lowest BCUT2D eigenvalue weighted by atomic mass is 10.0. The number of anilines is 1. The van der Waals surface area contributed by atoms with Crippen LogP contribution in [0.4, 0.5) is 5.82 Å². The van der Waals surface area contributed by atoms with Gasteiger partial charge in [-0.15, -0.1) is 5.10 Å². The topological polar surface area (TPSA) is 99.6 Å². The summed E-state index contributed by atoms with van der Waals surface area (Å²) in [6.45, 7) is 3.99. The Morgan fingerprint density at radius 3 is 2.62 bits per heavy atom. The Morgan fingerprint density at radius 1 is 1.08 bits per heavy atom. The third-order valence-electron chi connectivity index (χ3n) is 4.49. The van der Waals surface area contributed by atoms with Gasteiger partial charge in [0.2, 0.25) is 5.65 Å². The Kier molecular flexibility index (Phi) is 6.12.